The Morgan fingerprint density at radius 1 is 1.45 bits per heavy atom. The molecule has 112 valence electrons. The zero-order valence-corrected chi connectivity index (χ0v) is 12.5. The number of nitrogens with one attached hydrogen (secondary N) is 1. The van der Waals surface area contributed by atoms with E-state index in [0.717, 1.165) is 5.56 Å². The van der Waals surface area contributed by atoms with Crippen molar-refractivity contribution in [3.8, 4) is 0 Å². The lowest BCUT2D eigenvalue weighted by Crippen LogP contribution is -2.35. The van der Waals surface area contributed by atoms with E-state index in [2.05, 4.69) is 5.32 Å². The summed E-state index contributed by atoms with van der Waals surface area (Å²) in [6, 6.07) is 5.18. The monoisotopic (exact) mass is 281 g/mol. The Labute approximate surface area is 119 Å². The molecule has 2 N–H and O–H groups in total. The van der Waals surface area contributed by atoms with Crippen molar-refractivity contribution in [2.75, 3.05) is 25.5 Å². The summed E-state index contributed by atoms with van der Waals surface area (Å²) in [7, 11) is 1.88. The zero-order chi connectivity index (χ0) is 15.3. The summed E-state index contributed by atoms with van der Waals surface area (Å²) < 4.78 is 0. The fourth-order valence-corrected chi connectivity index (χ4v) is 2.19. The molecule has 0 fully saturated rings. The van der Waals surface area contributed by atoms with Gasteiger partial charge in [0.15, 0.2) is 0 Å². The molecule has 0 saturated carbocycles. The largest absolute Gasteiger partial charge is 0.389 e. The maximum Gasteiger partial charge on any atom is 0.292 e. The van der Waals surface area contributed by atoms with Gasteiger partial charge in [0.2, 0.25) is 0 Å². The highest BCUT2D eigenvalue weighted by atomic mass is 16.6. The second-order valence-electron chi connectivity index (χ2n) is 5.62. The first-order chi connectivity index (χ1) is 9.23. The van der Waals surface area contributed by atoms with E-state index in [0.29, 0.717) is 25.3 Å². The third-order valence-electron chi connectivity index (χ3n) is 2.74. The van der Waals surface area contributed by atoms with Gasteiger partial charge in [-0.2, -0.15) is 0 Å². The van der Waals surface area contributed by atoms with E-state index in [-0.39, 0.29) is 10.6 Å². The van der Waals surface area contributed by atoms with Crippen LogP contribution in [0, 0.1) is 10.1 Å². The van der Waals surface area contributed by atoms with Crippen molar-refractivity contribution >= 4 is 11.4 Å². The molecule has 6 heteroatoms. The molecule has 0 atom stereocenters. The van der Waals surface area contributed by atoms with Gasteiger partial charge in [-0.05, 0) is 39.4 Å². The maximum absolute atomic E-state index is 11.1. The van der Waals surface area contributed by atoms with Gasteiger partial charge in [-0.15, -0.1) is 0 Å². The number of nitro benzene ring substituents is 1. The van der Waals surface area contributed by atoms with Crippen molar-refractivity contribution < 1.29 is 10.0 Å². The first kappa shape index (κ1) is 16.4. The third kappa shape index (κ3) is 5.14. The highest BCUT2D eigenvalue weighted by Gasteiger charge is 2.18. The fourth-order valence-electron chi connectivity index (χ4n) is 2.19. The highest BCUT2D eigenvalue weighted by molar-refractivity contribution is 5.62. The molecule has 1 aromatic rings. The van der Waals surface area contributed by atoms with Crippen LogP contribution in [0.15, 0.2) is 18.2 Å². The van der Waals surface area contributed by atoms with E-state index >= 15 is 0 Å². The van der Waals surface area contributed by atoms with Crippen LogP contribution in [0.5, 0.6) is 0 Å². The van der Waals surface area contributed by atoms with Crippen molar-refractivity contribution in [2.45, 2.75) is 32.9 Å². The average Bonchev–Trinajstić information content (AvgIpc) is 2.28. The molecule has 1 rings (SSSR count). The van der Waals surface area contributed by atoms with Crippen LogP contribution in [0.2, 0.25) is 0 Å². The Hall–Kier alpha value is -1.66. The maximum atomic E-state index is 11.1. The number of anilines is 1. The van der Waals surface area contributed by atoms with E-state index in [1.54, 1.807) is 26.0 Å². The number of benzene rings is 1. The van der Waals surface area contributed by atoms with E-state index in [1.807, 2.05) is 24.9 Å². The molecular formula is C14H23N3O3. The Bertz CT molecular complexity index is 469. The van der Waals surface area contributed by atoms with Gasteiger partial charge >= 0.3 is 0 Å². The first-order valence-corrected chi connectivity index (χ1v) is 6.65. The van der Waals surface area contributed by atoms with E-state index in [1.165, 1.54) is 0 Å². The molecule has 0 aliphatic heterocycles. The molecule has 0 saturated heterocycles. The number of nitro groups is 1. The number of nitrogens with zero attached hydrogens (tertiary/aromatic N) is 2. The third-order valence-corrected chi connectivity index (χ3v) is 2.74. The molecule has 0 radical (unpaired) electrons. The fraction of sp³-hybridized carbons (Fsp3) is 0.571. The normalized spacial score (nSPS) is 11.7. The summed E-state index contributed by atoms with van der Waals surface area (Å²) in [5, 5.41) is 23.8. The predicted molar refractivity (Wildman–Crippen MR) is 79.9 cm³/mol. The van der Waals surface area contributed by atoms with Crippen LogP contribution in [0.1, 0.15) is 26.3 Å². The van der Waals surface area contributed by atoms with Crippen LogP contribution < -0.4 is 5.32 Å². The number of likely N-dealkylation sites (N-methyl/N-ethyl adjacent to an activating group) is 1. The summed E-state index contributed by atoms with van der Waals surface area (Å²) in [5.41, 5.74) is 0.683. The number of aliphatic hydroxyl groups is 1. The highest BCUT2D eigenvalue weighted by Crippen LogP contribution is 2.26. The van der Waals surface area contributed by atoms with Gasteiger partial charge < -0.3 is 10.4 Å². The van der Waals surface area contributed by atoms with Gasteiger partial charge in [0.25, 0.3) is 5.69 Å². The Kier molecular flexibility index (Phi) is 5.47. The van der Waals surface area contributed by atoms with Gasteiger partial charge in [-0.3, -0.25) is 15.0 Å². The van der Waals surface area contributed by atoms with E-state index < -0.39 is 5.60 Å². The van der Waals surface area contributed by atoms with Gasteiger partial charge in [-0.1, -0.05) is 6.07 Å². The molecule has 0 spiro atoms. The molecular weight excluding hydrogens is 258 g/mol. The molecule has 0 amide bonds. The predicted octanol–water partition coefficient (Wildman–Crippen LogP) is 2.23. The molecule has 0 unspecified atom stereocenters. The zero-order valence-electron chi connectivity index (χ0n) is 12.5. The van der Waals surface area contributed by atoms with Crippen molar-refractivity contribution in [3.63, 3.8) is 0 Å². The lowest BCUT2D eigenvalue weighted by atomic mass is 10.1. The number of hydrogen-bond donors (Lipinski definition) is 2. The summed E-state index contributed by atoms with van der Waals surface area (Å²) in [6.07, 6.45) is 0. The lowest BCUT2D eigenvalue weighted by Gasteiger charge is -2.25. The Morgan fingerprint density at radius 3 is 2.60 bits per heavy atom. The Balaban J connectivity index is 2.87. The topological polar surface area (TPSA) is 78.6 Å². The first-order valence-electron chi connectivity index (χ1n) is 6.65. The summed E-state index contributed by atoms with van der Waals surface area (Å²) >= 11 is 0. The molecule has 0 heterocycles. The van der Waals surface area contributed by atoms with Crippen LogP contribution in [0.3, 0.4) is 0 Å². The van der Waals surface area contributed by atoms with Gasteiger partial charge in [0.05, 0.1) is 10.5 Å². The summed E-state index contributed by atoms with van der Waals surface area (Å²) in [5.74, 6) is 0. The quantitative estimate of drug-likeness (QED) is 0.592. The van der Waals surface area contributed by atoms with Gasteiger partial charge in [-0.25, -0.2) is 0 Å². The molecule has 0 aromatic heterocycles. The summed E-state index contributed by atoms with van der Waals surface area (Å²) in [4.78, 5) is 12.6. The summed E-state index contributed by atoms with van der Waals surface area (Å²) in [6.45, 7) is 7.06. The van der Waals surface area contributed by atoms with Gasteiger partial charge in [0, 0.05) is 25.7 Å². The molecule has 0 aliphatic rings. The van der Waals surface area contributed by atoms with Crippen molar-refractivity contribution in [1.29, 1.82) is 0 Å². The average molecular weight is 281 g/mol. The lowest BCUT2D eigenvalue weighted by molar-refractivity contribution is -0.384. The van der Waals surface area contributed by atoms with Gasteiger partial charge in [0.1, 0.15) is 5.69 Å². The second-order valence-corrected chi connectivity index (χ2v) is 5.62. The Morgan fingerprint density at radius 2 is 2.10 bits per heavy atom. The second kappa shape index (κ2) is 6.67. The van der Waals surface area contributed by atoms with Crippen LogP contribution in [-0.4, -0.2) is 40.7 Å². The molecule has 20 heavy (non-hydrogen) atoms. The smallest absolute Gasteiger partial charge is 0.292 e. The van der Waals surface area contributed by atoms with Crippen LogP contribution >= 0.6 is 0 Å². The van der Waals surface area contributed by atoms with E-state index in [4.69, 9.17) is 0 Å². The van der Waals surface area contributed by atoms with Crippen molar-refractivity contribution in [1.82, 2.24) is 4.90 Å². The van der Waals surface area contributed by atoms with Crippen LogP contribution in [0.25, 0.3) is 0 Å². The minimum atomic E-state index is -0.787. The van der Waals surface area contributed by atoms with Crippen molar-refractivity contribution in [3.05, 3.63) is 33.9 Å². The molecule has 1 aromatic carbocycles. The SMILES string of the molecule is CCNc1ccc(CN(C)CC(C)(C)O)cc1[N+](=O)[O-]. The van der Waals surface area contributed by atoms with Crippen LogP contribution in [-0.2, 0) is 6.54 Å². The van der Waals surface area contributed by atoms with Crippen LogP contribution in [0.4, 0.5) is 11.4 Å². The van der Waals surface area contributed by atoms with E-state index in [9.17, 15) is 15.2 Å². The minimum absolute atomic E-state index is 0.0843. The molecule has 0 bridgehead atoms. The standard InChI is InChI=1S/C14H23N3O3/c1-5-15-12-7-6-11(8-13(12)17(19)20)9-16(4)10-14(2,3)18/h6-8,15,18H,5,9-10H2,1-4H3. The number of hydrogen-bond acceptors (Lipinski definition) is 5. The number of rotatable bonds is 7. The minimum Gasteiger partial charge on any atom is -0.389 e. The van der Waals surface area contributed by atoms with Crippen molar-refractivity contribution in [2.24, 2.45) is 0 Å². The molecule has 0 aliphatic carbocycles. The molecule has 6 nitrogen and oxygen atoms in total.